The molecule has 1 aliphatic rings. The number of aryl methyl sites for hydroxylation is 1. The van der Waals surface area contributed by atoms with Crippen LogP contribution in [0.15, 0.2) is 85.1 Å². The lowest BCUT2D eigenvalue weighted by Crippen LogP contribution is -2.27. The van der Waals surface area contributed by atoms with Crippen molar-refractivity contribution in [3.63, 3.8) is 0 Å². The molecule has 6 rings (SSSR count). The maximum absolute atomic E-state index is 13.0. The molecule has 0 radical (unpaired) electrons. The van der Waals surface area contributed by atoms with Crippen molar-refractivity contribution in [3.05, 3.63) is 113 Å². The number of nitrogens with zero attached hydrogens (tertiary/aromatic N) is 3. The third kappa shape index (κ3) is 6.32. The summed E-state index contributed by atoms with van der Waals surface area (Å²) < 4.78 is 47.2. The van der Waals surface area contributed by atoms with Gasteiger partial charge < -0.3 is 14.4 Å². The molecule has 1 N–H and O–H groups in total. The molecule has 2 atom stereocenters. The average Bonchev–Trinajstić information content (AvgIpc) is 3.38. The first-order valence-electron chi connectivity index (χ1n) is 14.7. The fraction of sp³-hybridized carbons (Fsp3) is 0.286. The van der Waals surface area contributed by atoms with Crippen LogP contribution in [0.25, 0.3) is 22.2 Å². The van der Waals surface area contributed by atoms with E-state index in [2.05, 4.69) is 9.55 Å². The van der Waals surface area contributed by atoms with E-state index in [1.807, 2.05) is 61.5 Å². The highest BCUT2D eigenvalue weighted by Crippen LogP contribution is 2.40. The highest BCUT2D eigenvalue weighted by atomic mass is 19.4. The Labute approximate surface area is 253 Å². The molecule has 9 heteroatoms. The number of rotatable bonds is 8. The van der Waals surface area contributed by atoms with Gasteiger partial charge in [0.05, 0.1) is 28.2 Å². The Bertz CT molecular complexity index is 1760. The molecule has 1 fully saturated rings. The molecular weight excluding hydrogens is 567 g/mol. The number of pyridine rings is 1. The largest absolute Gasteiger partial charge is 0.487 e. The van der Waals surface area contributed by atoms with Crippen molar-refractivity contribution < 1.29 is 27.8 Å². The fourth-order valence-electron chi connectivity index (χ4n) is 5.97. The number of benzene rings is 3. The summed E-state index contributed by atoms with van der Waals surface area (Å²) in [5.41, 5.74) is 5.25. The Kier molecular flexibility index (Phi) is 8.12. The van der Waals surface area contributed by atoms with E-state index in [4.69, 9.17) is 9.72 Å². The minimum Gasteiger partial charge on any atom is -0.487 e. The highest BCUT2D eigenvalue weighted by molar-refractivity contribution is 5.79. The van der Waals surface area contributed by atoms with Crippen LogP contribution >= 0.6 is 0 Å². The number of fused-ring (bicyclic) bond motifs is 1. The van der Waals surface area contributed by atoms with Crippen LogP contribution in [0.4, 0.5) is 13.2 Å². The summed E-state index contributed by atoms with van der Waals surface area (Å²) in [7, 11) is 0. The second kappa shape index (κ2) is 12.1. The van der Waals surface area contributed by atoms with E-state index in [1.54, 1.807) is 6.20 Å². The van der Waals surface area contributed by atoms with Crippen molar-refractivity contribution in [2.45, 2.75) is 57.9 Å². The standard InChI is InChI=1S/C35H32F3N3O3/c1-22-6-15-27(39-19-22)21-44-28-16-17-31-32(18-28)41(33(40-31)29-4-2-3-5-30(29)34(42)43)20-23-7-9-24(10-8-23)25-11-13-26(14-12-25)35(36,37)38/h6-19,29-30H,2-5,20-21H2,1H3,(H,42,43). The molecule has 226 valence electrons. The van der Waals surface area contributed by atoms with Crippen LogP contribution in [-0.4, -0.2) is 25.6 Å². The molecule has 1 aliphatic carbocycles. The van der Waals surface area contributed by atoms with E-state index in [9.17, 15) is 23.1 Å². The number of alkyl halides is 3. The van der Waals surface area contributed by atoms with Gasteiger partial charge in [0, 0.05) is 24.7 Å². The summed E-state index contributed by atoms with van der Waals surface area (Å²) in [6.07, 6.45) is 0.600. The van der Waals surface area contributed by atoms with E-state index in [1.165, 1.54) is 12.1 Å². The number of carbonyl (C=O) groups is 1. The SMILES string of the molecule is Cc1ccc(COc2ccc3nc(C4CCCCC4C(=O)O)n(Cc4ccc(-c5ccc(C(F)(F)F)cc5)cc4)c3c2)nc1. The third-order valence-corrected chi connectivity index (χ3v) is 8.36. The number of aliphatic carboxylic acids is 1. The number of carboxylic acids is 1. The molecular formula is C35H32F3N3O3. The molecule has 1 saturated carbocycles. The molecule has 0 bridgehead atoms. The summed E-state index contributed by atoms with van der Waals surface area (Å²) in [4.78, 5) is 21.6. The second-order valence-corrected chi connectivity index (χ2v) is 11.4. The first-order valence-corrected chi connectivity index (χ1v) is 14.7. The smallest absolute Gasteiger partial charge is 0.416 e. The lowest BCUT2D eigenvalue weighted by atomic mass is 9.78. The summed E-state index contributed by atoms with van der Waals surface area (Å²) in [5.74, 6) is -0.130. The summed E-state index contributed by atoms with van der Waals surface area (Å²) in [5, 5.41) is 10.0. The fourth-order valence-corrected chi connectivity index (χ4v) is 5.97. The third-order valence-electron chi connectivity index (χ3n) is 8.36. The number of halogens is 3. The van der Waals surface area contributed by atoms with Gasteiger partial charge in [-0.05, 0) is 72.4 Å². The molecule has 2 unspecified atom stereocenters. The van der Waals surface area contributed by atoms with Gasteiger partial charge in [0.2, 0.25) is 0 Å². The number of aromatic nitrogens is 3. The van der Waals surface area contributed by atoms with Crippen molar-refractivity contribution in [1.29, 1.82) is 0 Å². The predicted octanol–water partition coefficient (Wildman–Crippen LogP) is 8.41. The summed E-state index contributed by atoms with van der Waals surface area (Å²) in [6.45, 7) is 2.74. The van der Waals surface area contributed by atoms with E-state index in [-0.39, 0.29) is 5.92 Å². The molecule has 2 heterocycles. The Morgan fingerprint density at radius 3 is 2.32 bits per heavy atom. The topological polar surface area (TPSA) is 77.2 Å². The van der Waals surface area contributed by atoms with Crippen LogP contribution in [0.3, 0.4) is 0 Å². The zero-order chi connectivity index (χ0) is 30.8. The molecule has 0 aliphatic heterocycles. The Morgan fingerprint density at radius 1 is 0.955 bits per heavy atom. The Morgan fingerprint density at radius 2 is 1.66 bits per heavy atom. The average molecular weight is 600 g/mol. The van der Waals surface area contributed by atoms with Crippen LogP contribution in [0.5, 0.6) is 5.75 Å². The lowest BCUT2D eigenvalue weighted by Gasteiger charge is -2.28. The number of carboxylic acid groups (broad SMARTS) is 1. The summed E-state index contributed by atoms with van der Waals surface area (Å²) in [6, 6.07) is 22.4. The van der Waals surface area contributed by atoms with Crippen molar-refractivity contribution in [3.8, 4) is 16.9 Å². The van der Waals surface area contributed by atoms with Crippen LogP contribution in [0.1, 0.15) is 59.8 Å². The minimum atomic E-state index is -4.38. The molecule has 3 aromatic carbocycles. The number of imidazole rings is 1. The van der Waals surface area contributed by atoms with Crippen LogP contribution in [0.2, 0.25) is 0 Å². The maximum Gasteiger partial charge on any atom is 0.416 e. The molecule has 6 nitrogen and oxygen atoms in total. The van der Waals surface area contributed by atoms with Crippen LogP contribution < -0.4 is 4.74 Å². The molecule has 44 heavy (non-hydrogen) atoms. The number of hydrogen-bond acceptors (Lipinski definition) is 4. The number of hydrogen-bond donors (Lipinski definition) is 1. The molecule has 0 amide bonds. The molecule has 0 saturated heterocycles. The van der Waals surface area contributed by atoms with Gasteiger partial charge in [-0.1, -0.05) is 55.3 Å². The normalized spacial score (nSPS) is 17.1. The Balaban J connectivity index is 1.32. The van der Waals surface area contributed by atoms with Crippen molar-refractivity contribution in [2.24, 2.45) is 5.92 Å². The second-order valence-electron chi connectivity index (χ2n) is 11.4. The van der Waals surface area contributed by atoms with Crippen molar-refractivity contribution >= 4 is 17.0 Å². The number of ether oxygens (including phenoxy) is 1. The van der Waals surface area contributed by atoms with Crippen LogP contribution in [-0.2, 0) is 24.1 Å². The van der Waals surface area contributed by atoms with E-state index in [0.717, 1.165) is 70.6 Å². The highest BCUT2D eigenvalue weighted by Gasteiger charge is 2.35. The molecule has 0 spiro atoms. The van der Waals surface area contributed by atoms with E-state index in [0.29, 0.717) is 30.9 Å². The van der Waals surface area contributed by atoms with Crippen molar-refractivity contribution in [1.82, 2.24) is 14.5 Å². The minimum absolute atomic E-state index is 0.221. The van der Waals surface area contributed by atoms with Gasteiger partial charge in [-0.3, -0.25) is 9.78 Å². The van der Waals surface area contributed by atoms with E-state index < -0.39 is 23.6 Å². The monoisotopic (exact) mass is 599 g/mol. The van der Waals surface area contributed by atoms with Gasteiger partial charge in [-0.2, -0.15) is 13.2 Å². The van der Waals surface area contributed by atoms with Gasteiger partial charge in [0.1, 0.15) is 18.2 Å². The zero-order valence-corrected chi connectivity index (χ0v) is 24.2. The lowest BCUT2D eigenvalue weighted by molar-refractivity contribution is -0.143. The quantitative estimate of drug-likeness (QED) is 0.194. The molecule has 5 aromatic rings. The first-order chi connectivity index (χ1) is 21.2. The predicted molar refractivity (Wildman–Crippen MR) is 161 cm³/mol. The van der Waals surface area contributed by atoms with Gasteiger partial charge in [0.15, 0.2) is 0 Å². The summed E-state index contributed by atoms with van der Waals surface area (Å²) >= 11 is 0. The van der Waals surface area contributed by atoms with Gasteiger partial charge >= 0.3 is 12.1 Å². The first kappa shape index (κ1) is 29.4. The molecule has 2 aromatic heterocycles. The van der Waals surface area contributed by atoms with Crippen molar-refractivity contribution in [2.75, 3.05) is 0 Å². The maximum atomic E-state index is 13.0. The Hall–Kier alpha value is -4.66. The van der Waals surface area contributed by atoms with Gasteiger partial charge in [-0.15, -0.1) is 0 Å². The van der Waals surface area contributed by atoms with Crippen LogP contribution in [0, 0.1) is 12.8 Å². The van der Waals surface area contributed by atoms with Gasteiger partial charge in [-0.25, -0.2) is 4.98 Å². The zero-order valence-electron chi connectivity index (χ0n) is 24.2. The van der Waals surface area contributed by atoms with Gasteiger partial charge in [0.25, 0.3) is 0 Å². The van der Waals surface area contributed by atoms with E-state index >= 15 is 0 Å².